The Morgan fingerprint density at radius 1 is 1.33 bits per heavy atom. The normalized spacial score (nSPS) is 12.3. The van der Waals surface area contributed by atoms with Gasteiger partial charge in [0, 0.05) is 16.9 Å². The van der Waals surface area contributed by atoms with Gasteiger partial charge in [0.25, 0.3) is 0 Å². The Labute approximate surface area is 91.9 Å². The monoisotopic (exact) mass is 278 g/mol. The highest BCUT2D eigenvalue weighted by atomic mass is 79.9. The van der Waals surface area contributed by atoms with Crippen molar-refractivity contribution in [2.24, 2.45) is 0 Å². The molecule has 0 bridgehead atoms. The summed E-state index contributed by atoms with van der Waals surface area (Å²) in [6.45, 7) is 1.65. The number of pyridine rings is 1. The van der Waals surface area contributed by atoms with Crippen LogP contribution >= 0.6 is 15.9 Å². The van der Waals surface area contributed by atoms with Crippen LogP contribution in [0.15, 0.2) is 22.9 Å². The van der Waals surface area contributed by atoms with E-state index in [0.29, 0.717) is 10.2 Å². The van der Waals surface area contributed by atoms with E-state index in [1.807, 2.05) is 0 Å². The van der Waals surface area contributed by atoms with Gasteiger partial charge >= 0.3 is 6.18 Å². The van der Waals surface area contributed by atoms with E-state index in [9.17, 15) is 13.2 Å². The largest absolute Gasteiger partial charge is 0.420 e. The van der Waals surface area contributed by atoms with Crippen molar-refractivity contribution < 1.29 is 13.2 Å². The van der Waals surface area contributed by atoms with Gasteiger partial charge in [-0.3, -0.25) is 0 Å². The SMILES string of the molecule is Cc1cn2cc(Br)cc(C(F)(F)F)c2n1. The molecule has 0 fully saturated rings. The van der Waals surface area contributed by atoms with Crippen LogP contribution in [0.5, 0.6) is 0 Å². The maximum atomic E-state index is 12.6. The fourth-order valence-electron chi connectivity index (χ4n) is 1.39. The molecule has 0 aliphatic rings. The number of alkyl halides is 3. The lowest BCUT2D eigenvalue weighted by atomic mass is 10.2. The third-order valence-electron chi connectivity index (χ3n) is 1.94. The molecule has 2 nitrogen and oxygen atoms in total. The summed E-state index contributed by atoms with van der Waals surface area (Å²) >= 11 is 3.04. The van der Waals surface area contributed by atoms with Gasteiger partial charge in [-0.15, -0.1) is 0 Å². The van der Waals surface area contributed by atoms with Crippen LogP contribution in [-0.2, 0) is 6.18 Å². The van der Waals surface area contributed by atoms with Crippen molar-refractivity contribution in [2.75, 3.05) is 0 Å². The van der Waals surface area contributed by atoms with E-state index in [-0.39, 0.29) is 5.65 Å². The smallest absolute Gasteiger partial charge is 0.305 e. The zero-order valence-electron chi connectivity index (χ0n) is 7.64. The average Bonchev–Trinajstić information content (AvgIpc) is 2.41. The molecule has 80 valence electrons. The molecule has 0 saturated heterocycles. The molecular formula is C9H6BrF3N2. The predicted octanol–water partition coefficient (Wildman–Crippen LogP) is 3.42. The Hall–Kier alpha value is -1.04. The van der Waals surface area contributed by atoms with Crippen molar-refractivity contribution >= 4 is 21.6 Å². The topological polar surface area (TPSA) is 17.3 Å². The maximum absolute atomic E-state index is 12.6. The summed E-state index contributed by atoms with van der Waals surface area (Å²) in [4.78, 5) is 3.84. The van der Waals surface area contributed by atoms with Gasteiger partial charge in [-0.2, -0.15) is 13.2 Å². The van der Waals surface area contributed by atoms with Crippen LogP contribution in [0.1, 0.15) is 11.3 Å². The number of imidazole rings is 1. The number of nitrogens with zero attached hydrogens (tertiary/aromatic N) is 2. The van der Waals surface area contributed by atoms with Crippen LogP contribution in [0.3, 0.4) is 0 Å². The highest BCUT2D eigenvalue weighted by molar-refractivity contribution is 9.10. The number of fused-ring (bicyclic) bond motifs is 1. The molecule has 15 heavy (non-hydrogen) atoms. The summed E-state index contributed by atoms with van der Waals surface area (Å²) in [6.07, 6.45) is -1.29. The molecule has 2 heterocycles. The van der Waals surface area contributed by atoms with Gasteiger partial charge < -0.3 is 4.40 Å². The molecule has 0 N–H and O–H groups in total. The molecular weight excluding hydrogens is 273 g/mol. The zero-order chi connectivity index (χ0) is 11.2. The van der Waals surface area contributed by atoms with E-state index in [2.05, 4.69) is 20.9 Å². The van der Waals surface area contributed by atoms with Gasteiger partial charge in [-0.1, -0.05) is 0 Å². The molecule has 0 spiro atoms. The summed E-state index contributed by atoms with van der Waals surface area (Å²) in [7, 11) is 0. The van der Waals surface area contributed by atoms with Crippen LogP contribution in [-0.4, -0.2) is 9.38 Å². The highest BCUT2D eigenvalue weighted by Crippen LogP contribution is 2.33. The molecule has 0 aliphatic carbocycles. The summed E-state index contributed by atoms with van der Waals surface area (Å²) in [5.74, 6) is 0. The maximum Gasteiger partial charge on any atom is 0.420 e. The van der Waals surface area contributed by atoms with Crippen molar-refractivity contribution in [3.05, 3.63) is 34.2 Å². The molecule has 0 atom stereocenters. The minimum Gasteiger partial charge on any atom is -0.305 e. The van der Waals surface area contributed by atoms with E-state index < -0.39 is 11.7 Å². The molecule has 0 radical (unpaired) electrons. The van der Waals surface area contributed by atoms with E-state index in [1.165, 1.54) is 4.40 Å². The Morgan fingerprint density at radius 3 is 2.60 bits per heavy atom. The first-order chi connectivity index (χ1) is 6.88. The first-order valence-corrected chi connectivity index (χ1v) is 4.89. The van der Waals surface area contributed by atoms with Gasteiger partial charge in [0.1, 0.15) is 5.65 Å². The Bertz CT molecular complexity index is 516. The Kier molecular flexibility index (Phi) is 2.26. The fourth-order valence-corrected chi connectivity index (χ4v) is 1.84. The highest BCUT2D eigenvalue weighted by Gasteiger charge is 2.34. The second-order valence-electron chi connectivity index (χ2n) is 3.18. The average molecular weight is 279 g/mol. The van der Waals surface area contributed by atoms with Crippen LogP contribution in [0.25, 0.3) is 5.65 Å². The third-order valence-corrected chi connectivity index (χ3v) is 2.38. The molecule has 2 rings (SSSR count). The molecule has 0 aliphatic heterocycles. The van der Waals surface area contributed by atoms with Gasteiger partial charge in [0.2, 0.25) is 0 Å². The number of rotatable bonds is 0. The quantitative estimate of drug-likeness (QED) is 0.722. The number of aryl methyl sites for hydroxylation is 1. The van der Waals surface area contributed by atoms with Gasteiger partial charge in [-0.05, 0) is 28.9 Å². The molecule has 0 saturated carbocycles. The fraction of sp³-hybridized carbons (Fsp3) is 0.222. The van der Waals surface area contributed by atoms with Crippen molar-refractivity contribution in [1.29, 1.82) is 0 Å². The van der Waals surface area contributed by atoms with E-state index >= 15 is 0 Å². The number of halogens is 4. The van der Waals surface area contributed by atoms with Gasteiger partial charge in [-0.25, -0.2) is 4.98 Å². The van der Waals surface area contributed by atoms with Crippen molar-refractivity contribution in [1.82, 2.24) is 9.38 Å². The van der Waals surface area contributed by atoms with Crippen LogP contribution in [0.4, 0.5) is 13.2 Å². The number of aromatic nitrogens is 2. The van der Waals surface area contributed by atoms with Crippen molar-refractivity contribution in [3.63, 3.8) is 0 Å². The lowest BCUT2D eigenvalue weighted by Gasteiger charge is -2.08. The van der Waals surface area contributed by atoms with Gasteiger partial charge in [0.15, 0.2) is 0 Å². The minimum atomic E-state index is -4.39. The standard InChI is InChI=1S/C9H6BrF3N2/c1-5-3-15-4-6(10)2-7(8(15)14-5)9(11,12)13/h2-4H,1H3. The van der Waals surface area contributed by atoms with Gasteiger partial charge in [0.05, 0.1) is 11.3 Å². The van der Waals surface area contributed by atoms with Crippen LogP contribution < -0.4 is 0 Å². The number of hydrogen-bond acceptors (Lipinski definition) is 1. The Morgan fingerprint density at radius 2 is 2.00 bits per heavy atom. The lowest BCUT2D eigenvalue weighted by molar-refractivity contribution is -0.136. The first-order valence-electron chi connectivity index (χ1n) is 4.10. The molecule has 2 aromatic heterocycles. The van der Waals surface area contributed by atoms with E-state index in [1.54, 1.807) is 19.3 Å². The molecule has 2 aromatic rings. The Balaban J connectivity index is 2.82. The van der Waals surface area contributed by atoms with Crippen LogP contribution in [0.2, 0.25) is 0 Å². The number of hydrogen-bond donors (Lipinski definition) is 0. The summed E-state index contributed by atoms with van der Waals surface area (Å²) in [5, 5.41) is 0. The summed E-state index contributed by atoms with van der Waals surface area (Å²) in [5.41, 5.74) is -0.244. The molecule has 6 heteroatoms. The van der Waals surface area contributed by atoms with Crippen molar-refractivity contribution in [2.45, 2.75) is 13.1 Å². The van der Waals surface area contributed by atoms with Crippen molar-refractivity contribution in [3.8, 4) is 0 Å². The molecule has 0 unspecified atom stereocenters. The van der Waals surface area contributed by atoms with Crippen LogP contribution in [0, 0.1) is 6.92 Å². The zero-order valence-corrected chi connectivity index (χ0v) is 9.22. The van der Waals surface area contributed by atoms with E-state index in [0.717, 1.165) is 6.07 Å². The predicted molar refractivity (Wildman–Crippen MR) is 52.6 cm³/mol. The second kappa shape index (κ2) is 3.23. The molecule has 0 aromatic carbocycles. The third kappa shape index (κ3) is 1.86. The molecule has 0 amide bonds. The summed E-state index contributed by atoms with van der Waals surface area (Å²) < 4.78 is 39.6. The second-order valence-corrected chi connectivity index (χ2v) is 4.10. The first kappa shape index (κ1) is 10.5. The van der Waals surface area contributed by atoms with E-state index in [4.69, 9.17) is 0 Å². The minimum absolute atomic E-state index is 0.0665. The lowest BCUT2D eigenvalue weighted by Crippen LogP contribution is -2.07. The summed E-state index contributed by atoms with van der Waals surface area (Å²) in [6, 6.07) is 1.03.